The molecule has 0 aliphatic carbocycles. The summed E-state index contributed by atoms with van der Waals surface area (Å²) in [6.45, 7) is 5.26. The van der Waals surface area contributed by atoms with E-state index in [-0.39, 0.29) is 5.78 Å². The molecule has 0 amide bonds. The van der Waals surface area contributed by atoms with Crippen molar-refractivity contribution in [2.75, 3.05) is 0 Å². The van der Waals surface area contributed by atoms with Gasteiger partial charge < -0.3 is 0 Å². The standard InChI is InChI=1S/C12H11BO2/c1-8-5-3-4-6-10(8)12-11(9(2)14)13-7-15-12/h3-7H,1-2H3. The van der Waals surface area contributed by atoms with Gasteiger partial charge in [-0.1, -0.05) is 0 Å². The maximum absolute atomic E-state index is 11.4. The van der Waals surface area contributed by atoms with E-state index in [0.717, 1.165) is 11.1 Å². The summed E-state index contributed by atoms with van der Waals surface area (Å²) in [5.41, 5.74) is 2.73. The van der Waals surface area contributed by atoms with Crippen LogP contribution >= 0.6 is 0 Å². The molecular formula is C12H11BO2. The van der Waals surface area contributed by atoms with E-state index in [2.05, 4.69) is 0 Å². The molecule has 74 valence electrons. The van der Waals surface area contributed by atoms with Gasteiger partial charge in [-0.3, -0.25) is 0 Å². The Bertz CT molecular complexity index is 500. The van der Waals surface area contributed by atoms with Crippen LogP contribution in [-0.4, -0.2) is 12.7 Å². The Labute approximate surface area is 89.1 Å². The van der Waals surface area contributed by atoms with E-state index in [9.17, 15) is 4.79 Å². The van der Waals surface area contributed by atoms with Crippen LogP contribution in [0.15, 0.2) is 34.8 Å². The Morgan fingerprint density at radius 1 is 1.33 bits per heavy atom. The Morgan fingerprint density at radius 3 is 2.73 bits per heavy atom. The third kappa shape index (κ3) is 1.77. The fraction of sp³-hybridized carbons (Fsp3) is 0.167. The molecule has 0 saturated heterocycles. The maximum atomic E-state index is 11.4. The van der Waals surface area contributed by atoms with Gasteiger partial charge in [0, 0.05) is 0 Å². The van der Waals surface area contributed by atoms with Crippen molar-refractivity contribution in [1.29, 1.82) is 0 Å². The number of ketones is 1. The normalized spacial score (nSPS) is 10.0. The number of hydrogen-bond donors (Lipinski definition) is 0. The van der Waals surface area contributed by atoms with E-state index in [0.29, 0.717) is 11.2 Å². The van der Waals surface area contributed by atoms with Crippen molar-refractivity contribution in [3.63, 3.8) is 0 Å². The molecule has 2 rings (SSSR count). The van der Waals surface area contributed by atoms with Gasteiger partial charge in [-0.25, -0.2) is 0 Å². The molecule has 3 heteroatoms. The number of Topliss-reactive ketones (excluding diaryl/α,β-unsaturated/α-hetero) is 1. The molecule has 0 fully saturated rings. The first-order valence-electron chi connectivity index (χ1n) is 4.84. The van der Waals surface area contributed by atoms with Gasteiger partial charge in [0.15, 0.2) is 0 Å². The molecule has 0 saturated carbocycles. The van der Waals surface area contributed by atoms with Gasteiger partial charge >= 0.3 is 88.5 Å². The first kappa shape index (κ1) is 9.90. The zero-order valence-electron chi connectivity index (χ0n) is 8.78. The summed E-state index contributed by atoms with van der Waals surface area (Å²) in [6.07, 6.45) is 1.55. The number of aryl methyl sites for hydroxylation is 1. The SMILES string of the molecule is CC(=O)c1bcoc1-c1ccccc1C. The van der Waals surface area contributed by atoms with Gasteiger partial charge in [-0.2, -0.15) is 0 Å². The number of benzene rings is 1. The van der Waals surface area contributed by atoms with Crippen LogP contribution in [0, 0.1) is 6.92 Å². The zero-order valence-corrected chi connectivity index (χ0v) is 8.78. The fourth-order valence-corrected chi connectivity index (χ4v) is 1.62. The molecule has 1 heterocycles. The summed E-state index contributed by atoms with van der Waals surface area (Å²) in [6, 6.07) is 7.87. The van der Waals surface area contributed by atoms with Crippen molar-refractivity contribution in [3.05, 3.63) is 41.4 Å². The Kier molecular flexibility index (Phi) is 2.54. The molecule has 15 heavy (non-hydrogen) atoms. The van der Waals surface area contributed by atoms with Crippen LogP contribution in [0.4, 0.5) is 0 Å². The molecule has 0 radical (unpaired) electrons. The van der Waals surface area contributed by atoms with Crippen molar-refractivity contribution >= 4 is 12.7 Å². The van der Waals surface area contributed by atoms with Crippen molar-refractivity contribution < 1.29 is 9.21 Å². The van der Waals surface area contributed by atoms with Gasteiger partial charge in [0.05, 0.1) is 0 Å². The summed E-state index contributed by atoms with van der Waals surface area (Å²) in [5, 5.41) is 0. The van der Waals surface area contributed by atoms with E-state index in [4.69, 9.17) is 4.42 Å². The van der Waals surface area contributed by atoms with E-state index in [1.807, 2.05) is 31.2 Å². The van der Waals surface area contributed by atoms with E-state index in [1.165, 1.54) is 0 Å². The van der Waals surface area contributed by atoms with Gasteiger partial charge in [0.25, 0.3) is 0 Å². The van der Waals surface area contributed by atoms with Crippen molar-refractivity contribution in [2.45, 2.75) is 13.8 Å². The average molecular weight is 198 g/mol. The van der Waals surface area contributed by atoms with Crippen LogP contribution in [0.1, 0.15) is 22.7 Å². The molecule has 0 spiro atoms. The van der Waals surface area contributed by atoms with Crippen LogP contribution in [0.2, 0.25) is 0 Å². The predicted octanol–water partition coefficient (Wildman–Crippen LogP) is 2.80. The van der Waals surface area contributed by atoms with Crippen molar-refractivity contribution in [2.24, 2.45) is 0 Å². The molecule has 1 aromatic carbocycles. The van der Waals surface area contributed by atoms with E-state index < -0.39 is 0 Å². The molecule has 0 atom stereocenters. The third-order valence-electron chi connectivity index (χ3n) is 2.43. The molecule has 0 N–H and O–H groups in total. The Morgan fingerprint density at radius 2 is 2.07 bits per heavy atom. The minimum absolute atomic E-state index is 0.0296. The quantitative estimate of drug-likeness (QED) is 0.694. The second kappa shape index (κ2) is 3.85. The first-order valence-corrected chi connectivity index (χ1v) is 4.84. The number of carbonyl (C=O) groups is 1. The number of hydrogen-bond acceptors (Lipinski definition) is 2. The Hall–Kier alpha value is -1.64. The molecule has 2 aromatic rings. The predicted molar refractivity (Wildman–Crippen MR) is 60.2 cm³/mol. The second-order valence-corrected chi connectivity index (χ2v) is 3.53. The summed E-state index contributed by atoms with van der Waals surface area (Å²) in [5.74, 6) is 0.697. The zero-order chi connectivity index (χ0) is 10.8. The van der Waals surface area contributed by atoms with Gasteiger partial charge in [-0.05, 0) is 0 Å². The van der Waals surface area contributed by atoms with Crippen molar-refractivity contribution in [3.8, 4) is 11.3 Å². The molecule has 0 bridgehead atoms. The van der Waals surface area contributed by atoms with Crippen LogP contribution in [0.5, 0.6) is 0 Å². The van der Waals surface area contributed by atoms with Gasteiger partial charge in [0.2, 0.25) is 0 Å². The summed E-state index contributed by atoms with van der Waals surface area (Å²) in [7, 11) is 0. The van der Waals surface area contributed by atoms with Crippen LogP contribution < -0.4 is 0 Å². The molecular weight excluding hydrogens is 187 g/mol. The summed E-state index contributed by atoms with van der Waals surface area (Å²) < 4.78 is 5.37. The Balaban J connectivity index is 2.59. The van der Waals surface area contributed by atoms with E-state index >= 15 is 0 Å². The van der Waals surface area contributed by atoms with Crippen LogP contribution in [-0.2, 0) is 0 Å². The topological polar surface area (TPSA) is 30.2 Å². The molecule has 0 aliphatic heterocycles. The molecule has 0 aliphatic rings. The van der Waals surface area contributed by atoms with Gasteiger partial charge in [0.1, 0.15) is 0 Å². The van der Waals surface area contributed by atoms with Crippen LogP contribution in [0.25, 0.3) is 11.3 Å². The molecule has 0 unspecified atom stereocenters. The monoisotopic (exact) mass is 198 g/mol. The number of carbonyl (C=O) groups excluding carboxylic acids is 1. The third-order valence-corrected chi connectivity index (χ3v) is 2.43. The second-order valence-electron chi connectivity index (χ2n) is 3.53. The van der Waals surface area contributed by atoms with Crippen LogP contribution in [0.3, 0.4) is 0 Å². The fourth-order valence-electron chi connectivity index (χ4n) is 1.62. The summed E-state index contributed by atoms with van der Waals surface area (Å²) in [4.78, 5) is 11.4. The molecule has 1 aromatic heterocycles. The van der Waals surface area contributed by atoms with E-state index in [1.54, 1.807) is 20.0 Å². The minimum atomic E-state index is 0.0296. The first-order chi connectivity index (χ1) is 7.20. The molecule has 2 nitrogen and oxygen atoms in total. The van der Waals surface area contributed by atoms with Gasteiger partial charge in [-0.15, -0.1) is 0 Å². The number of rotatable bonds is 2. The van der Waals surface area contributed by atoms with Crippen molar-refractivity contribution in [1.82, 2.24) is 0 Å². The summed E-state index contributed by atoms with van der Waals surface area (Å²) >= 11 is 0. The average Bonchev–Trinajstić information content (AvgIpc) is 2.67.